The van der Waals surface area contributed by atoms with E-state index in [1.54, 1.807) is 0 Å². The summed E-state index contributed by atoms with van der Waals surface area (Å²) in [4.78, 5) is 10.6. The van der Waals surface area contributed by atoms with Crippen LogP contribution in [0.1, 0.15) is 29.9 Å². The van der Waals surface area contributed by atoms with Gasteiger partial charge in [0.15, 0.2) is 0 Å². The average Bonchev–Trinajstić information content (AvgIpc) is 2.57. The van der Waals surface area contributed by atoms with Crippen LogP contribution in [0.5, 0.6) is 0 Å². The lowest BCUT2D eigenvalue weighted by molar-refractivity contribution is -0.137. The van der Waals surface area contributed by atoms with E-state index in [4.69, 9.17) is 5.11 Å². The van der Waals surface area contributed by atoms with Crippen molar-refractivity contribution in [1.29, 1.82) is 0 Å². The quantitative estimate of drug-likeness (QED) is 0.884. The molecule has 0 aromatic carbocycles. The SMILES string of the molecule is Cn1cc2c(c1Br)CCC2CC(=O)O. The van der Waals surface area contributed by atoms with Crippen molar-refractivity contribution >= 4 is 21.9 Å². The standard InChI is InChI=1S/C10H12BrNO2/c1-12-5-8-6(4-9(13)14)2-3-7(8)10(12)11/h5-6H,2-4H2,1H3,(H,13,14). The lowest BCUT2D eigenvalue weighted by Gasteiger charge is -2.05. The molecule has 0 aliphatic heterocycles. The Morgan fingerprint density at radius 3 is 3.14 bits per heavy atom. The Labute approximate surface area is 90.9 Å². The molecule has 0 fully saturated rings. The first-order valence-corrected chi connectivity index (χ1v) is 5.44. The summed E-state index contributed by atoms with van der Waals surface area (Å²) in [5, 5.41) is 8.76. The van der Waals surface area contributed by atoms with Gasteiger partial charge in [0, 0.05) is 13.2 Å². The topological polar surface area (TPSA) is 42.2 Å². The summed E-state index contributed by atoms with van der Waals surface area (Å²) in [6.45, 7) is 0. The Balaban J connectivity index is 2.30. The van der Waals surface area contributed by atoms with Gasteiger partial charge >= 0.3 is 5.97 Å². The lowest BCUT2D eigenvalue weighted by Crippen LogP contribution is -2.02. The number of carboxylic acid groups (broad SMARTS) is 1. The first-order valence-electron chi connectivity index (χ1n) is 4.65. The first kappa shape index (κ1) is 9.77. The number of hydrogen-bond donors (Lipinski definition) is 1. The molecule has 76 valence electrons. The third-order valence-corrected chi connectivity index (χ3v) is 3.88. The fourth-order valence-electron chi connectivity index (χ4n) is 2.17. The molecule has 1 aliphatic carbocycles. The van der Waals surface area contributed by atoms with Gasteiger partial charge in [-0.3, -0.25) is 4.79 Å². The van der Waals surface area contributed by atoms with E-state index in [2.05, 4.69) is 15.9 Å². The number of aliphatic carboxylic acids is 1. The van der Waals surface area contributed by atoms with Crippen LogP contribution in [-0.4, -0.2) is 15.6 Å². The Morgan fingerprint density at radius 2 is 2.50 bits per heavy atom. The number of fused-ring (bicyclic) bond motifs is 1. The van der Waals surface area contributed by atoms with Crippen molar-refractivity contribution in [3.05, 3.63) is 21.9 Å². The maximum Gasteiger partial charge on any atom is 0.303 e. The summed E-state index contributed by atoms with van der Waals surface area (Å²) in [7, 11) is 1.97. The molecule has 2 rings (SSSR count). The molecule has 3 nitrogen and oxygen atoms in total. The smallest absolute Gasteiger partial charge is 0.303 e. The van der Waals surface area contributed by atoms with Gasteiger partial charge in [0.05, 0.1) is 11.0 Å². The molecule has 1 aliphatic rings. The van der Waals surface area contributed by atoms with Crippen LogP contribution in [-0.2, 0) is 18.3 Å². The predicted molar refractivity (Wildman–Crippen MR) is 56.4 cm³/mol. The first-order chi connectivity index (χ1) is 6.59. The molecule has 14 heavy (non-hydrogen) atoms. The van der Waals surface area contributed by atoms with Gasteiger partial charge in [0.25, 0.3) is 0 Å². The molecule has 0 amide bonds. The molecule has 0 spiro atoms. The zero-order valence-electron chi connectivity index (χ0n) is 7.96. The van der Waals surface area contributed by atoms with Crippen LogP contribution in [0.3, 0.4) is 0 Å². The molecule has 0 saturated carbocycles. The summed E-state index contributed by atoms with van der Waals surface area (Å²) >= 11 is 3.51. The highest BCUT2D eigenvalue weighted by atomic mass is 79.9. The monoisotopic (exact) mass is 257 g/mol. The maximum absolute atomic E-state index is 10.6. The van der Waals surface area contributed by atoms with Crippen LogP contribution in [0.4, 0.5) is 0 Å². The Kier molecular flexibility index (Phi) is 2.39. The zero-order valence-corrected chi connectivity index (χ0v) is 9.54. The van der Waals surface area contributed by atoms with Gasteiger partial charge in [-0.15, -0.1) is 0 Å². The normalized spacial score (nSPS) is 19.7. The van der Waals surface area contributed by atoms with E-state index < -0.39 is 5.97 Å². The van der Waals surface area contributed by atoms with Crippen LogP contribution in [0.2, 0.25) is 0 Å². The highest BCUT2D eigenvalue weighted by Gasteiger charge is 2.28. The van der Waals surface area contributed by atoms with E-state index in [1.165, 1.54) is 11.1 Å². The molecule has 1 heterocycles. The molecule has 1 N–H and O–H groups in total. The van der Waals surface area contributed by atoms with Crippen molar-refractivity contribution in [3.8, 4) is 0 Å². The minimum atomic E-state index is -0.706. The van der Waals surface area contributed by atoms with Gasteiger partial charge < -0.3 is 9.67 Å². The van der Waals surface area contributed by atoms with Crippen molar-refractivity contribution in [1.82, 2.24) is 4.57 Å². The van der Waals surface area contributed by atoms with E-state index in [9.17, 15) is 4.79 Å². The number of nitrogens with zero attached hydrogens (tertiary/aromatic N) is 1. The van der Waals surface area contributed by atoms with Gasteiger partial charge in [0.2, 0.25) is 0 Å². The van der Waals surface area contributed by atoms with Gasteiger partial charge in [0.1, 0.15) is 0 Å². The van der Waals surface area contributed by atoms with Gasteiger partial charge in [-0.1, -0.05) is 0 Å². The second-order valence-corrected chi connectivity index (χ2v) is 4.55. The highest BCUT2D eigenvalue weighted by Crippen LogP contribution is 2.39. The number of carboxylic acids is 1. The van der Waals surface area contributed by atoms with Gasteiger partial charge in [-0.05, 0) is 45.8 Å². The van der Waals surface area contributed by atoms with Crippen LogP contribution in [0.15, 0.2) is 10.8 Å². The molecule has 1 aromatic heterocycles. The number of aromatic nitrogens is 1. The second kappa shape index (κ2) is 3.42. The average molecular weight is 258 g/mol. The Hall–Kier alpha value is -0.770. The Morgan fingerprint density at radius 1 is 1.79 bits per heavy atom. The number of rotatable bonds is 2. The summed E-state index contributed by atoms with van der Waals surface area (Å²) in [6, 6.07) is 0. The molecule has 1 aromatic rings. The number of carbonyl (C=O) groups is 1. The summed E-state index contributed by atoms with van der Waals surface area (Å²) in [5.74, 6) is -0.497. The van der Waals surface area contributed by atoms with E-state index in [-0.39, 0.29) is 12.3 Å². The predicted octanol–water partition coefficient (Wildman–Crippen LogP) is 2.29. The number of aryl methyl sites for hydroxylation is 1. The molecule has 0 radical (unpaired) electrons. The van der Waals surface area contributed by atoms with Crippen LogP contribution >= 0.6 is 15.9 Å². The van der Waals surface area contributed by atoms with Crippen molar-refractivity contribution in [2.75, 3.05) is 0 Å². The van der Waals surface area contributed by atoms with E-state index >= 15 is 0 Å². The van der Waals surface area contributed by atoms with Gasteiger partial charge in [-0.2, -0.15) is 0 Å². The van der Waals surface area contributed by atoms with Gasteiger partial charge in [-0.25, -0.2) is 0 Å². The third-order valence-electron chi connectivity index (χ3n) is 2.84. The van der Waals surface area contributed by atoms with Crippen LogP contribution in [0.25, 0.3) is 0 Å². The zero-order chi connectivity index (χ0) is 10.3. The summed E-state index contributed by atoms with van der Waals surface area (Å²) in [5.41, 5.74) is 2.50. The third kappa shape index (κ3) is 1.47. The van der Waals surface area contributed by atoms with E-state index in [0.717, 1.165) is 17.4 Å². The highest BCUT2D eigenvalue weighted by molar-refractivity contribution is 9.10. The molecular formula is C10H12BrNO2. The molecular weight excluding hydrogens is 246 g/mol. The minimum Gasteiger partial charge on any atom is -0.481 e. The second-order valence-electron chi connectivity index (χ2n) is 3.80. The number of hydrogen-bond acceptors (Lipinski definition) is 1. The van der Waals surface area contributed by atoms with Crippen molar-refractivity contribution in [3.63, 3.8) is 0 Å². The van der Waals surface area contributed by atoms with Crippen molar-refractivity contribution in [2.45, 2.75) is 25.2 Å². The fraction of sp³-hybridized carbons (Fsp3) is 0.500. The largest absolute Gasteiger partial charge is 0.481 e. The molecule has 1 atom stereocenters. The maximum atomic E-state index is 10.6. The summed E-state index contributed by atoms with van der Waals surface area (Å²) < 4.78 is 3.11. The van der Waals surface area contributed by atoms with E-state index in [0.29, 0.717) is 0 Å². The van der Waals surface area contributed by atoms with E-state index in [1.807, 2.05) is 17.8 Å². The fourth-order valence-corrected chi connectivity index (χ4v) is 2.70. The lowest BCUT2D eigenvalue weighted by atomic mass is 10.0. The molecule has 1 unspecified atom stereocenters. The minimum absolute atomic E-state index is 0.208. The molecule has 0 saturated heterocycles. The number of halogens is 1. The summed E-state index contributed by atoms with van der Waals surface area (Å²) in [6.07, 6.45) is 4.26. The molecule has 4 heteroatoms. The van der Waals surface area contributed by atoms with Crippen molar-refractivity contribution in [2.24, 2.45) is 7.05 Å². The van der Waals surface area contributed by atoms with Crippen molar-refractivity contribution < 1.29 is 9.90 Å². The molecule has 0 bridgehead atoms. The van der Waals surface area contributed by atoms with Crippen LogP contribution < -0.4 is 0 Å². The Bertz CT molecular complexity index is 384. The van der Waals surface area contributed by atoms with Crippen LogP contribution in [0, 0.1) is 0 Å².